The van der Waals surface area contributed by atoms with Crippen molar-refractivity contribution in [3.63, 3.8) is 0 Å². The summed E-state index contributed by atoms with van der Waals surface area (Å²) in [6, 6.07) is 137. The normalized spacial score (nSPS) is 11.5. The standard InChI is InChI=1S/C101H62N8/c102-63-78-39-46-79(107-93-49-40-72(65-23-8-1-9-24-65)55-85(93)86-56-73(41-50-94(86)107)66-25-10-2-11-26-66)61-83(78)101-105-99(71-35-20-7-21-36-71)104-100(106-101)82-48-47-80(108-95-51-42-74(67-27-12-3-13-28-67)57-87(95)88-58-75(43-52-96(88)108)68-29-14-4-15-30-68)62-84(82)81-37-22-38-92(91(81)64-103)109-97-53-44-76(69-31-16-5-17-32-69)59-89(97)90-60-77(45-54-98(90)109)70-33-18-6-19-34-70/h1-62H. The van der Waals surface area contributed by atoms with Crippen LogP contribution in [0.1, 0.15) is 11.1 Å². The minimum Gasteiger partial charge on any atom is -0.309 e. The molecule has 0 N–H and O–H groups in total. The fourth-order valence-electron chi connectivity index (χ4n) is 16.2. The Kier molecular flexibility index (Phi) is 15.5. The Hall–Kier alpha value is -15.1. The lowest BCUT2D eigenvalue weighted by Gasteiger charge is -2.18. The summed E-state index contributed by atoms with van der Waals surface area (Å²) in [5.41, 5.74) is 25.9. The molecule has 109 heavy (non-hydrogen) atoms. The quantitative estimate of drug-likeness (QED) is 0.114. The number of hydrogen-bond acceptors (Lipinski definition) is 5. The van der Waals surface area contributed by atoms with Crippen molar-refractivity contribution in [1.82, 2.24) is 28.7 Å². The third-order valence-corrected chi connectivity index (χ3v) is 21.4. The van der Waals surface area contributed by atoms with Gasteiger partial charge in [0.15, 0.2) is 17.5 Å². The lowest BCUT2D eigenvalue weighted by Crippen LogP contribution is -2.05. The molecular formula is C101H62N8. The van der Waals surface area contributed by atoms with Crippen molar-refractivity contribution in [2.24, 2.45) is 0 Å². The van der Waals surface area contributed by atoms with Crippen molar-refractivity contribution < 1.29 is 0 Å². The number of hydrogen-bond donors (Lipinski definition) is 0. The first kappa shape index (κ1) is 63.6. The minimum atomic E-state index is 0.311. The Morgan fingerprint density at radius 1 is 0.202 bits per heavy atom. The van der Waals surface area contributed by atoms with Crippen LogP contribution >= 0.6 is 0 Å². The van der Waals surface area contributed by atoms with Crippen LogP contribution in [0.3, 0.4) is 0 Å². The maximum Gasteiger partial charge on any atom is 0.165 e. The van der Waals surface area contributed by atoms with Crippen molar-refractivity contribution in [2.45, 2.75) is 0 Å². The molecule has 4 aromatic heterocycles. The van der Waals surface area contributed by atoms with Crippen molar-refractivity contribution in [3.05, 3.63) is 387 Å². The number of benzene rings is 16. The summed E-state index contributed by atoms with van der Waals surface area (Å²) < 4.78 is 6.89. The first-order valence-corrected chi connectivity index (χ1v) is 36.6. The summed E-state index contributed by atoms with van der Waals surface area (Å²) in [4.78, 5) is 16.5. The molecule has 4 heterocycles. The highest BCUT2D eigenvalue weighted by Crippen LogP contribution is 2.46. The third-order valence-electron chi connectivity index (χ3n) is 21.4. The summed E-state index contributed by atoms with van der Waals surface area (Å²) in [5.74, 6) is 1.08. The Balaban J connectivity index is 0.830. The van der Waals surface area contributed by atoms with Crippen molar-refractivity contribution in [3.8, 4) is 141 Å². The molecule has 0 saturated heterocycles. The van der Waals surface area contributed by atoms with E-state index in [4.69, 9.17) is 15.0 Å². The van der Waals surface area contributed by atoms with Gasteiger partial charge in [0.25, 0.3) is 0 Å². The first-order valence-electron chi connectivity index (χ1n) is 36.6. The largest absolute Gasteiger partial charge is 0.309 e. The lowest BCUT2D eigenvalue weighted by atomic mass is 9.93. The van der Waals surface area contributed by atoms with Crippen LogP contribution in [-0.2, 0) is 0 Å². The van der Waals surface area contributed by atoms with E-state index in [1.165, 1.54) is 0 Å². The van der Waals surface area contributed by atoms with Gasteiger partial charge in [-0.3, -0.25) is 0 Å². The molecular weight excluding hydrogens is 1330 g/mol. The summed E-state index contributed by atoms with van der Waals surface area (Å²) in [6.07, 6.45) is 0. The van der Waals surface area contributed by atoms with Crippen LogP contribution in [-0.4, -0.2) is 28.7 Å². The van der Waals surface area contributed by atoms with Gasteiger partial charge in [-0.1, -0.05) is 261 Å². The average Bonchev–Trinajstić information content (AvgIpc) is 1.64. The molecule has 0 bridgehead atoms. The molecule has 0 aliphatic carbocycles. The van der Waals surface area contributed by atoms with E-state index in [0.29, 0.717) is 56.5 Å². The Morgan fingerprint density at radius 3 is 0.844 bits per heavy atom. The van der Waals surface area contributed by atoms with Gasteiger partial charge in [0.2, 0.25) is 0 Å². The maximum absolute atomic E-state index is 12.3. The fraction of sp³-hybridized carbons (Fsp3) is 0. The highest BCUT2D eigenvalue weighted by atomic mass is 15.0. The highest BCUT2D eigenvalue weighted by Gasteiger charge is 2.26. The summed E-state index contributed by atoms with van der Waals surface area (Å²) in [6.45, 7) is 0. The highest BCUT2D eigenvalue weighted by molar-refractivity contribution is 6.15. The maximum atomic E-state index is 12.3. The number of rotatable bonds is 13. The lowest BCUT2D eigenvalue weighted by molar-refractivity contribution is 1.07. The van der Waals surface area contributed by atoms with Crippen LogP contribution in [0.2, 0.25) is 0 Å². The van der Waals surface area contributed by atoms with Crippen LogP contribution in [0.25, 0.3) is 195 Å². The molecule has 0 saturated carbocycles. The molecule has 8 heteroatoms. The van der Waals surface area contributed by atoms with E-state index < -0.39 is 0 Å². The molecule has 0 radical (unpaired) electrons. The second kappa shape index (κ2) is 26.6. The minimum absolute atomic E-state index is 0.311. The topological polar surface area (TPSA) is 101 Å². The summed E-state index contributed by atoms with van der Waals surface area (Å²) in [7, 11) is 0. The predicted octanol–water partition coefficient (Wildman–Crippen LogP) is 25.6. The SMILES string of the molecule is N#Cc1ccc(-n2c3ccc(-c4ccccc4)cc3c3cc(-c4ccccc4)ccc32)cc1-c1nc(-c2ccccc2)nc(-c2ccc(-n3c4ccc(-c5ccccc5)cc4c4cc(-c5ccccc5)ccc43)cc2-c2cccc(-n3c4ccc(-c5ccccc5)cc4c4cc(-c5ccccc5)ccc43)c2C#N)n1. The molecule has 0 unspecified atom stereocenters. The van der Waals surface area contributed by atoms with Crippen LogP contribution in [0.4, 0.5) is 0 Å². The zero-order chi connectivity index (χ0) is 72.5. The fourth-order valence-corrected chi connectivity index (χ4v) is 16.2. The Labute approximate surface area is 629 Å². The second-order valence-corrected chi connectivity index (χ2v) is 27.6. The van der Waals surface area contributed by atoms with Gasteiger partial charge in [-0.05, 0) is 188 Å². The Bertz CT molecular complexity index is 6780. The molecule has 0 aliphatic heterocycles. The van der Waals surface area contributed by atoms with Gasteiger partial charge in [-0.2, -0.15) is 10.5 Å². The summed E-state index contributed by atoms with van der Waals surface area (Å²) >= 11 is 0. The van der Waals surface area contributed by atoms with E-state index in [0.717, 1.165) is 149 Å². The molecule has 8 nitrogen and oxygen atoms in total. The molecule has 16 aromatic carbocycles. The predicted molar refractivity (Wildman–Crippen MR) is 447 cm³/mol. The average molecular weight is 1390 g/mol. The van der Waals surface area contributed by atoms with E-state index in [2.05, 4.69) is 335 Å². The van der Waals surface area contributed by atoms with Gasteiger partial charge in [-0.15, -0.1) is 0 Å². The molecule has 0 aliphatic rings. The van der Waals surface area contributed by atoms with E-state index in [1.54, 1.807) is 0 Å². The molecule has 20 rings (SSSR count). The zero-order valence-electron chi connectivity index (χ0n) is 58.9. The van der Waals surface area contributed by atoms with Crippen molar-refractivity contribution in [2.75, 3.05) is 0 Å². The van der Waals surface area contributed by atoms with Gasteiger partial charge in [-0.25, -0.2) is 15.0 Å². The first-order chi connectivity index (χ1) is 53.9. The van der Waals surface area contributed by atoms with Crippen LogP contribution in [0.15, 0.2) is 376 Å². The molecule has 506 valence electrons. The summed E-state index contributed by atoms with van der Waals surface area (Å²) in [5, 5.41) is 30.1. The van der Waals surface area contributed by atoms with E-state index in [9.17, 15) is 10.5 Å². The molecule has 20 aromatic rings. The molecule has 0 amide bonds. The van der Waals surface area contributed by atoms with Gasteiger partial charge in [0.1, 0.15) is 6.07 Å². The smallest absolute Gasteiger partial charge is 0.165 e. The van der Waals surface area contributed by atoms with Crippen LogP contribution in [0.5, 0.6) is 0 Å². The number of aromatic nitrogens is 6. The number of fused-ring (bicyclic) bond motifs is 9. The Morgan fingerprint density at radius 2 is 0.505 bits per heavy atom. The molecule has 0 spiro atoms. The van der Waals surface area contributed by atoms with Gasteiger partial charge < -0.3 is 13.7 Å². The monoisotopic (exact) mass is 1390 g/mol. The van der Waals surface area contributed by atoms with Crippen molar-refractivity contribution >= 4 is 65.4 Å². The van der Waals surface area contributed by atoms with Gasteiger partial charge in [0.05, 0.1) is 56.0 Å². The van der Waals surface area contributed by atoms with E-state index in [-0.39, 0.29) is 0 Å². The van der Waals surface area contributed by atoms with Crippen LogP contribution in [0, 0.1) is 22.7 Å². The van der Waals surface area contributed by atoms with Gasteiger partial charge in [0, 0.05) is 65.9 Å². The second-order valence-electron chi connectivity index (χ2n) is 27.6. The van der Waals surface area contributed by atoms with Gasteiger partial charge >= 0.3 is 0 Å². The number of nitriles is 2. The van der Waals surface area contributed by atoms with Crippen molar-refractivity contribution in [1.29, 1.82) is 10.5 Å². The van der Waals surface area contributed by atoms with E-state index in [1.807, 2.05) is 66.7 Å². The van der Waals surface area contributed by atoms with Crippen LogP contribution < -0.4 is 0 Å². The third kappa shape index (κ3) is 11.1. The molecule has 0 fully saturated rings. The zero-order valence-corrected chi connectivity index (χ0v) is 58.9. The molecule has 0 atom stereocenters. The number of nitrogens with zero attached hydrogens (tertiary/aromatic N) is 8. The van der Waals surface area contributed by atoms with E-state index >= 15 is 0 Å².